The molecule has 0 radical (unpaired) electrons. The largest absolute Gasteiger partial charge is 0.393 e. The van der Waals surface area contributed by atoms with Gasteiger partial charge in [-0.1, -0.05) is 0 Å². The molecule has 0 amide bonds. The van der Waals surface area contributed by atoms with Crippen LogP contribution in [0.5, 0.6) is 0 Å². The Bertz CT molecular complexity index is 478. The number of hydrogen-bond donors (Lipinski definition) is 2. The Hall–Kier alpha value is -1.62. The van der Waals surface area contributed by atoms with Crippen LogP contribution in [0.15, 0.2) is 18.5 Å². The molecule has 0 fully saturated rings. The molecular weight excluding hydrogens is 204 g/mol. The SMILES string of the molecule is Cc1cc2c(NCCC(C)O)nccn2n1. The highest BCUT2D eigenvalue weighted by molar-refractivity contribution is 5.67. The molecule has 0 aliphatic carbocycles. The van der Waals surface area contributed by atoms with Gasteiger partial charge in [-0.25, -0.2) is 9.50 Å². The fraction of sp³-hybridized carbons (Fsp3) is 0.455. The monoisotopic (exact) mass is 220 g/mol. The number of nitrogens with one attached hydrogen (secondary N) is 1. The zero-order valence-corrected chi connectivity index (χ0v) is 9.51. The minimum atomic E-state index is -0.293. The minimum absolute atomic E-state index is 0.293. The van der Waals surface area contributed by atoms with Crippen molar-refractivity contribution in [3.63, 3.8) is 0 Å². The third kappa shape index (κ3) is 2.30. The Kier molecular flexibility index (Phi) is 3.05. The lowest BCUT2D eigenvalue weighted by Crippen LogP contribution is -2.11. The Labute approximate surface area is 94.1 Å². The molecule has 2 aromatic rings. The molecule has 0 spiro atoms. The number of hydrogen-bond acceptors (Lipinski definition) is 4. The Morgan fingerprint density at radius 3 is 3.12 bits per heavy atom. The smallest absolute Gasteiger partial charge is 0.152 e. The van der Waals surface area contributed by atoms with Gasteiger partial charge in [0, 0.05) is 18.9 Å². The fourth-order valence-electron chi connectivity index (χ4n) is 1.58. The van der Waals surface area contributed by atoms with Crippen molar-refractivity contribution in [3.8, 4) is 0 Å². The first-order valence-electron chi connectivity index (χ1n) is 5.40. The second-order valence-electron chi connectivity index (χ2n) is 3.96. The molecule has 2 N–H and O–H groups in total. The van der Waals surface area contributed by atoms with Gasteiger partial charge in [-0.15, -0.1) is 0 Å². The molecule has 1 unspecified atom stereocenters. The van der Waals surface area contributed by atoms with Gasteiger partial charge in [-0.3, -0.25) is 0 Å². The third-order valence-electron chi connectivity index (χ3n) is 2.37. The molecule has 1 atom stereocenters. The predicted octanol–water partition coefficient (Wildman–Crippen LogP) is 1.22. The minimum Gasteiger partial charge on any atom is -0.393 e. The molecule has 5 heteroatoms. The van der Waals surface area contributed by atoms with E-state index in [4.69, 9.17) is 5.11 Å². The molecule has 0 saturated carbocycles. The van der Waals surface area contributed by atoms with Crippen LogP contribution in [0.4, 0.5) is 5.82 Å². The zero-order valence-electron chi connectivity index (χ0n) is 9.51. The summed E-state index contributed by atoms with van der Waals surface area (Å²) in [5.41, 5.74) is 1.93. The number of aryl methyl sites for hydroxylation is 1. The second kappa shape index (κ2) is 4.49. The summed E-state index contributed by atoms with van der Waals surface area (Å²) in [4.78, 5) is 4.26. The van der Waals surface area contributed by atoms with Crippen LogP contribution in [0, 0.1) is 6.92 Å². The van der Waals surface area contributed by atoms with Crippen LogP contribution >= 0.6 is 0 Å². The maximum Gasteiger partial charge on any atom is 0.152 e. The van der Waals surface area contributed by atoms with Crippen molar-refractivity contribution in [1.82, 2.24) is 14.6 Å². The summed E-state index contributed by atoms with van der Waals surface area (Å²) < 4.78 is 1.80. The van der Waals surface area contributed by atoms with Crippen molar-refractivity contribution >= 4 is 11.3 Å². The van der Waals surface area contributed by atoms with E-state index in [1.165, 1.54) is 0 Å². The Morgan fingerprint density at radius 2 is 2.38 bits per heavy atom. The maximum atomic E-state index is 9.17. The van der Waals surface area contributed by atoms with E-state index in [1.807, 2.05) is 19.2 Å². The van der Waals surface area contributed by atoms with Gasteiger partial charge < -0.3 is 10.4 Å². The number of rotatable bonds is 4. The number of aliphatic hydroxyl groups is 1. The van der Waals surface area contributed by atoms with E-state index >= 15 is 0 Å². The van der Waals surface area contributed by atoms with Crippen LogP contribution in [0.25, 0.3) is 5.52 Å². The molecule has 5 nitrogen and oxygen atoms in total. The third-order valence-corrected chi connectivity index (χ3v) is 2.37. The summed E-state index contributed by atoms with van der Waals surface area (Å²) in [5, 5.41) is 16.7. The van der Waals surface area contributed by atoms with Crippen molar-refractivity contribution in [3.05, 3.63) is 24.2 Å². The van der Waals surface area contributed by atoms with Gasteiger partial charge in [0.15, 0.2) is 5.82 Å². The van der Waals surface area contributed by atoms with E-state index in [0.717, 1.165) is 17.0 Å². The van der Waals surface area contributed by atoms with E-state index in [1.54, 1.807) is 17.6 Å². The van der Waals surface area contributed by atoms with Gasteiger partial charge >= 0.3 is 0 Å². The summed E-state index contributed by atoms with van der Waals surface area (Å²) in [6.07, 6.45) is 3.95. The van der Waals surface area contributed by atoms with Gasteiger partial charge in [0.2, 0.25) is 0 Å². The molecule has 16 heavy (non-hydrogen) atoms. The van der Waals surface area contributed by atoms with E-state index in [9.17, 15) is 0 Å². The molecule has 0 aromatic carbocycles. The number of fused-ring (bicyclic) bond motifs is 1. The lowest BCUT2D eigenvalue weighted by atomic mass is 10.3. The zero-order chi connectivity index (χ0) is 11.5. The highest BCUT2D eigenvalue weighted by Gasteiger charge is 2.04. The van der Waals surface area contributed by atoms with Crippen LogP contribution < -0.4 is 5.32 Å². The molecule has 0 aliphatic rings. The fourth-order valence-corrected chi connectivity index (χ4v) is 1.58. The lowest BCUT2D eigenvalue weighted by Gasteiger charge is -2.07. The molecule has 0 saturated heterocycles. The van der Waals surface area contributed by atoms with E-state index in [0.29, 0.717) is 13.0 Å². The van der Waals surface area contributed by atoms with Gasteiger partial charge in [0.1, 0.15) is 5.52 Å². The van der Waals surface area contributed by atoms with Gasteiger partial charge in [0.05, 0.1) is 11.8 Å². The van der Waals surface area contributed by atoms with Crippen molar-refractivity contribution in [2.24, 2.45) is 0 Å². The average Bonchev–Trinajstić information content (AvgIpc) is 2.58. The normalized spacial score (nSPS) is 12.9. The average molecular weight is 220 g/mol. The Morgan fingerprint density at radius 1 is 1.56 bits per heavy atom. The quantitative estimate of drug-likeness (QED) is 0.813. The first kappa shape index (κ1) is 10.9. The summed E-state index contributed by atoms with van der Waals surface area (Å²) in [5.74, 6) is 0.809. The summed E-state index contributed by atoms with van der Waals surface area (Å²) in [6, 6.07) is 1.98. The number of anilines is 1. The highest BCUT2D eigenvalue weighted by Crippen LogP contribution is 2.14. The predicted molar refractivity (Wildman–Crippen MR) is 62.5 cm³/mol. The number of nitrogens with zero attached hydrogens (tertiary/aromatic N) is 3. The number of aliphatic hydroxyl groups excluding tert-OH is 1. The molecule has 0 bridgehead atoms. The van der Waals surface area contributed by atoms with Crippen LogP contribution in [0.1, 0.15) is 19.0 Å². The summed E-state index contributed by atoms with van der Waals surface area (Å²) in [6.45, 7) is 4.43. The van der Waals surface area contributed by atoms with Crippen molar-refractivity contribution in [2.75, 3.05) is 11.9 Å². The van der Waals surface area contributed by atoms with Crippen molar-refractivity contribution in [2.45, 2.75) is 26.4 Å². The van der Waals surface area contributed by atoms with Gasteiger partial charge in [-0.2, -0.15) is 5.10 Å². The van der Waals surface area contributed by atoms with Crippen LogP contribution in [0.2, 0.25) is 0 Å². The van der Waals surface area contributed by atoms with Gasteiger partial charge in [-0.05, 0) is 26.3 Å². The molecule has 0 aliphatic heterocycles. The maximum absolute atomic E-state index is 9.17. The second-order valence-corrected chi connectivity index (χ2v) is 3.96. The first-order chi connectivity index (χ1) is 7.66. The molecule has 2 rings (SSSR count). The lowest BCUT2D eigenvalue weighted by molar-refractivity contribution is 0.188. The van der Waals surface area contributed by atoms with Crippen LogP contribution in [0.3, 0.4) is 0 Å². The topological polar surface area (TPSA) is 62.5 Å². The van der Waals surface area contributed by atoms with E-state index in [-0.39, 0.29) is 6.10 Å². The molecule has 2 heterocycles. The van der Waals surface area contributed by atoms with Gasteiger partial charge in [0.25, 0.3) is 0 Å². The molecule has 2 aromatic heterocycles. The van der Waals surface area contributed by atoms with Crippen LogP contribution in [-0.4, -0.2) is 32.4 Å². The van der Waals surface area contributed by atoms with Crippen molar-refractivity contribution in [1.29, 1.82) is 0 Å². The summed E-state index contributed by atoms with van der Waals surface area (Å²) in [7, 11) is 0. The Balaban J connectivity index is 2.17. The number of aromatic nitrogens is 3. The molecule has 86 valence electrons. The van der Waals surface area contributed by atoms with Crippen molar-refractivity contribution < 1.29 is 5.11 Å². The first-order valence-corrected chi connectivity index (χ1v) is 5.40. The van der Waals surface area contributed by atoms with E-state index < -0.39 is 0 Å². The van der Waals surface area contributed by atoms with Crippen LogP contribution in [-0.2, 0) is 0 Å². The molecular formula is C11H16N4O. The summed E-state index contributed by atoms with van der Waals surface area (Å²) >= 11 is 0. The van der Waals surface area contributed by atoms with E-state index in [2.05, 4.69) is 15.4 Å². The standard InChI is InChI=1S/C11H16N4O/c1-8-7-10-11(12-4-3-9(2)16)13-5-6-15(10)14-8/h5-7,9,16H,3-4H2,1-2H3,(H,12,13). The highest BCUT2D eigenvalue weighted by atomic mass is 16.3.